The van der Waals surface area contributed by atoms with Gasteiger partial charge in [-0.25, -0.2) is 4.39 Å². The van der Waals surface area contributed by atoms with Gasteiger partial charge in [-0.1, -0.05) is 11.6 Å². The summed E-state index contributed by atoms with van der Waals surface area (Å²) in [7, 11) is 0. The average Bonchev–Trinajstić information content (AvgIpc) is 2.11. The molecule has 0 aliphatic heterocycles. The number of hydrogen-bond donors (Lipinski definition) is 0. The van der Waals surface area contributed by atoms with E-state index in [9.17, 15) is 13.2 Å². The normalized spacial score (nSPS) is 10.0. The fourth-order valence-electron chi connectivity index (χ4n) is 0.810. The zero-order valence-corrected chi connectivity index (χ0v) is 7.36. The van der Waals surface area contributed by atoms with E-state index in [0.717, 1.165) is 12.1 Å². The van der Waals surface area contributed by atoms with Crippen molar-refractivity contribution in [1.82, 2.24) is 0 Å². The number of benzene rings is 1. The highest BCUT2D eigenvalue weighted by atomic mass is 35.5. The predicted octanol–water partition coefficient (Wildman–Crippen LogP) is 2.95. The van der Waals surface area contributed by atoms with Crippen LogP contribution in [0.25, 0.3) is 0 Å². The van der Waals surface area contributed by atoms with Crippen molar-refractivity contribution in [2.45, 2.75) is 6.61 Å². The SMILES string of the molecule is N#Cc1cc(F)c(Cl)c(OC(F)F)c1. The molecule has 0 bridgehead atoms. The molecule has 1 rings (SSSR count). The molecule has 1 aromatic rings. The molecule has 0 spiro atoms. The molecule has 2 nitrogen and oxygen atoms in total. The van der Waals surface area contributed by atoms with Gasteiger partial charge in [0.25, 0.3) is 0 Å². The Bertz CT molecular complexity index is 389. The van der Waals surface area contributed by atoms with Crippen LogP contribution in [-0.2, 0) is 0 Å². The van der Waals surface area contributed by atoms with Gasteiger partial charge in [0.05, 0.1) is 11.6 Å². The monoisotopic (exact) mass is 221 g/mol. The number of nitrogens with zero attached hydrogens (tertiary/aromatic N) is 1. The minimum Gasteiger partial charge on any atom is -0.433 e. The summed E-state index contributed by atoms with van der Waals surface area (Å²) in [5.41, 5.74) is -0.137. The molecule has 0 aliphatic rings. The molecule has 0 unspecified atom stereocenters. The number of rotatable bonds is 2. The summed E-state index contributed by atoms with van der Waals surface area (Å²) >= 11 is 5.32. The largest absolute Gasteiger partial charge is 0.433 e. The van der Waals surface area contributed by atoms with Gasteiger partial charge in [-0.3, -0.25) is 0 Å². The third-order valence-corrected chi connectivity index (χ3v) is 1.71. The molecule has 0 N–H and O–H groups in total. The molecule has 1 aromatic carbocycles. The Balaban J connectivity index is 3.15. The van der Waals surface area contributed by atoms with Gasteiger partial charge in [0, 0.05) is 0 Å². The van der Waals surface area contributed by atoms with Crippen molar-refractivity contribution < 1.29 is 17.9 Å². The number of alkyl halides is 2. The van der Waals surface area contributed by atoms with E-state index in [4.69, 9.17) is 16.9 Å². The molecule has 0 saturated heterocycles. The Morgan fingerprint density at radius 3 is 2.57 bits per heavy atom. The first-order valence-corrected chi connectivity index (χ1v) is 3.76. The molecule has 0 atom stereocenters. The molecule has 0 aliphatic carbocycles. The molecule has 0 aromatic heterocycles. The summed E-state index contributed by atoms with van der Waals surface area (Å²) in [5, 5.41) is 7.84. The minimum atomic E-state index is -3.11. The molecular formula is C8H3ClF3NO. The van der Waals surface area contributed by atoms with Crippen LogP contribution in [0.2, 0.25) is 5.02 Å². The van der Waals surface area contributed by atoms with E-state index in [2.05, 4.69) is 4.74 Å². The number of ether oxygens (including phenoxy) is 1. The molecule has 0 radical (unpaired) electrons. The van der Waals surface area contributed by atoms with Gasteiger partial charge in [0.15, 0.2) is 0 Å². The van der Waals surface area contributed by atoms with E-state index in [0.29, 0.717) is 0 Å². The zero-order chi connectivity index (χ0) is 10.7. The summed E-state index contributed by atoms with van der Waals surface area (Å²) in [6, 6.07) is 3.36. The van der Waals surface area contributed by atoms with Crippen LogP contribution < -0.4 is 4.74 Å². The van der Waals surface area contributed by atoms with E-state index in [1.54, 1.807) is 6.07 Å². The van der Waals surface area contributed by atoms with Crippen molar-refractivity contribution in [3.63, 3.8) is 0 Å². The summed E-state index contributed by atoms with van der Waals surface area (Å²) in [6.07, 6.45) is 0. The van der Waals surface area contributed by atoms with Crippen LogP contribution in [0.3, 0.4) is 0 Å². The maximum Gasteiger partial charge on any atom is 0.387 e. The average molecular weight is 222 g/mol. The van der Waals surface area contributed by atoms with Crippen molar-refractivity contribution in [2.75, 3.05) is 0 Å². The summed E-state index contributed by atoms with van der Waals surface area (Å²) in [5.74, 6) is -1.51. The van der Waals surface area contributed by atoms with Gasteiger partial charge < -0.3 is 4.74 Å². The Morgan fingerprint density at radius 1 is 1.43 bits per heavy atom. The van der Waals surface area contributed by atoms with Gasteiger partial charge in [-0.15, -0.1) is 0 Å². The lowest BCUT2D eigenvalue weighted by atomic mass is 10.2. The molecule has 74 valence electrons. The van der Waals surface area contributed by atoms with Crippen LogP contribution in [0, 0.1) is 17.1 Å². The predicted molar refractivity (Wildman–Crippen MR) is 42.8 cm³/mol. The molecular weight excluding hydrogens is 219 g/mol. The highest BCUT2D eigenvalue weighted by molar-refractivity contribution is 6.32. The van der Waals surface area contributed by atoms with E-state index in [1.807, 2.05) is 0 Å². The van der Waals surface area contributed by atoms with Gasteiger partial charge in [0.2, 0.25) is 0 Å². The van der Waals surface area contributed by atoms with Gasteiger partial charge >= 0.3 is 6.61 Å². The van der Waals surface area contributed by atoms with Crippen LogP contribution in [0.5, 0.6) is 5.75 Å². The summed E-state index contributed by atoms with van der Waals surface area (Å²) in [6.45, 7) is -3.11. The van der Waals surface area contributed by atoms with Gasteiger partial charge in [-0.05, 0) is 12.1 Å². The third-order valence-electron chi connectivity index (χ3n) is 1.34. The molecule has 0 heterocycles. The van der Waals surface area contributed by atoms with Crippen molar-refractivity contribution >= 4 is 11.6 Å². The molecule has 0 amide bonds. The van der Waals surface area contributed by atoms with Crippen LogP contribution in [0.15, 0.2) is 12.1 Å². The Hall–Kier alpha value is -1.41. The van der Waals surface area contributed by atoms with E-state index in [-0.39, 0.29) is 5.56 Å². The fraction of sp³-hybridized carbons (Fsp3) is 0.125. The fourth-order valence-corrected chi connectivity index (χ4v) is 0.964. The lowest BCUT2D eigenvalue weighted by Gasteiger charge is -2.06. The van der Waals surface area contributed by atoms with Crippen molar-refractivity contribution in [3.8, 4) is 11.8 Å². The first kappa shape index (κ1) is 10.7. The van der Waals surface area contributed by atoms with Crippen LogP contribution in [0.4, 0.5) is 13.2 Å². The Labute approximate surface area is 82.5 Å². The lowest BCUT2D eigenvalue weighted by Crippen LogP contribution is -2.03. The Morgan fingerprint density at radius 2 is 2.07 bits per heavy atom. The highest BCUT2D eigenvalue weighted by Gasteiger charge is 2.13. The lowest BCUT2D eigenvalue weighted by molar-refractivity contribution is -0.0499. The summed E-state index contributed by atoms with van der Waals surface area (Å²) in [4.78, 5) is 0. The maximum absolute atomic E-state index is 12.9. The molecule has 0 saturated carbocycles. The number of halogens is 4. The third kappa shape index (κ3) is 2.30. The van der Waals surface area contributed by atoms with Crippen molar-refractivity contribution in [3.05, 3.63) is 28.5 Å². The summed E-state index contributed by atoms with van der Waals surface area (Å²) < 4.78 is 40.3. The first-order chi connectivity index (χ1) is 6.54. The second-order valence-corrected chi connectivity index (χ2v) is 2.64. The highest BCUT2D eigenvalue weighted by Crippen LogP contribution is 2.29. The topological polar surface area (TPSA) is 33.0 Å². The second-order valence-electron chi connectivity index (χ2n) is 2.26. The smallest absolute Gasteiger partial charge is 0.387 e. The first-order valence-electron chi connectivity index (χ1n) is 3.38. The van der Waals surface area contributed by atoms with Gasteiger partial charge in [0.1, 0.15) is 16.6 Å². The van der Waals surface area contributed by atoms with E-state index >= 15 is 0 Å². The molecule has 6 heteroatoms. The molecule has 14 heavy (non-hydrogen) atoms. The number of nitriles is 1. The quantitative estimate of drug-likeness (QED) is 0.769. The second kappa shape index (κ2) is 4.20. The maximum atomic E-state index is 12.9. The Kier molecular flexibility index (Phi) is 3.20. The van der Waals surface area contributed by atoms with Crippen LogP contribution in [0.1, 0.15) is 5.56 Å². The van der Waals surface area contributed by atoms with Gasteiger partial charge in [-0.2, -0.15) is 14.0 Å². The zero-order valence-electron chi connectivity index (χ0n) is 6.60. The van der Waals surface area contributed by atoms with Crippen LogP contribution in [-0.4, -0.2) is 6.61 Å². The van der Waals surface area contributed by atoms with Crippen molar-refractivity contribution in [2.24, 2.45) is 0 Å². The van der Waals surface area contributed by atoms with Crippen molar-refractivity contribution in [1.29, 1.82) is 5.26 Å². The molecule has 0 fully saturated rings. The van der Waals surface area contributed by atoms with E-state index < -0.39 is 23.2 Å². The van der Waals surface area contributed by atoms with Crippen LogP contribution >= 0.6 is 11.6 Å². The number of hydrogen-bond acceptors (Lipinski definition) is 2. The van der Waals surface area contributed by atoms with E-state index in [1.165, 1.54) is 0 Å². The minimum absolute atomic E-state index is 0.137. The standard InChI is InChI=1S/C8H3ClF3NO/c9-7-5(10)1-4(3-13)2-6(7)14-8(11)12/h1-2,8H.